The standard InChI is InChI=1S/C15H13Cl2N3.C14H10Cl2FN3.C14H11Cl2N3/c16-11-4-3-5-12(17)10(11)8-9-18-15-19-13-6-1-2-7-14(13)20-15;15-9-2-1-3-10(16)14(9)18-7-13-19-11-5-4-8(17)6-12(11)20-13;15-10-4-3-5-11(16)9(10)8-17-14-18-12-6-1-2-7-13(12)19-14/h1-7H,8-9H2,(H2,18,19,20);1-6,18H,7H2,(H,19,20);1-7H,8H2,(H2,17,18,19). The van der Waals surface area contributed by atoms with Gasteiger partial charge in [0, 0.05) is 38.7 Å². The summed E-state index contributed by atoms with van der Waals surface area (Å²) >= 11 is 36.7. The number of rotatable bonds is 10. The van der Waals surface area contributed by atoms with Gasteiger partial charge in [-0.25, -0.2) is 19.3 Å². The summed E-state index contributed by atoms with van der Waals surface area (Å²) in [6.07, 6.45) is 0.746. The molecule has 59 heavy (non-hydrogen) atoms. The van der Waals surface area contributed by atoms with Crippen molar-refractivity contribution in [3.63, 3.8) is 0 Å². The lowest BCUT2D eigenvalue weighted by Gasteiger charge is -2.08. The number of benzene rings is 6. The number of halogens is 7. The number of anilines is 3. The Hall–Kier alpha value is -5.20. The summed E-state index contributed by atoms with van der Waals surface area (Å²) in [5.41, 5.74) is 7.75. The van der Waals surface area contributed by atoms with Crippen molar-refractivity contribution >= 4 is 120 Å². The van der Waals surface area contributed by atoms with E-state index in [0.717, 1.165) is 45.6 Å². The predicted molar refractivity (Wildman–Crippen MR) is 244 cm³/mol. The number of H-pyrrole nitrogens is 3. The second-order valence-electron chi connectivity index (χ2n) is 12.9. The van der Waals surface area contributed by atoms with E-state index >= 15 is 0 Å². The lowest BCUT2D eigenvalue weighted by atomic mass is 10.1. The van der Waals surface area contributed by atoms with E-state index in [2.05, 4.69) is 45.9 Å². The topological polar surface area (TPSA) is 122 Å². The van der Waals surface area contributed by atoms with Gasteiger partial charge in [-0.15, -0.1) is 0 Å². The summed E-state index contributed by atoms with van der Waals surface area (Å²) in [5.74, 6) is 1.85. The highest BCUT2D eigenvalue weighted by Crippen LogP contribution is 2.30. The van der Waals surface area contributed by atoms with Gasteiger partial charge in [-0.1, -0.05) is 112 Å². The normalized spacial score (nSPS) is 10.9. The maximum Gasteiger partial charge on any atom is 0.201 e. The largest absolute Gasteiger partial charge is 0.375 e. The van der Waals surface area contributed by atoms with Crippen molar-refractivity contribution in [1.82, 2.24) is 29.9 Å². The molecule has 0 aliphatic carbocycles. The van der Waals surface area contributed by atoms with E-state index in [-0.39, 0.29) is 5.82 Å². The molecule has 6 aromatic carbocycles. The SMILES string of the molecule is Clc1cccc(Cl)c1CCNc1nc2ccccc2[nH]1.Clc1cccc(Cl)c1CNc1nc2ccccc2[nH]1.Fc1ccc2nc(CNc3c(Cl)cccc3Cl)[nH]c2c1. The number of nitrogens with zero attached hydrogens (tertiary/aromatic N) is 3. The molecule has 0 saturated heterocycles. The van der Waals surface area contributed by atoms with Crippen LogP contribution in [0.1, 0.15) is 17.0 Å². The fraction of sp³-hybridized carbons (Fsp3) is 0.0930. The highest BCUT2D eigenvalue weighted by molar-refractivity contribution is 6.39. The Morgan fingerprint density at radius 1 is 0.458 bits per heavy atom. The summed E-state index contributed by atoms with van der Waals surface area (Å²) in [6.45, 7) is 1.65. The van der Waals surface area contributed by atoms with Crippen LogP contribution < -0.4 is 16.0 Å². The van der Waals surface area contributed by atoms with Gasteiger partial charge in [-0.3, -0.25) is 0 Å². The molecule has 6 N–H and O–H groups in total. The summed E-state index contributed by atoms with van der Waals surface area (Å²) in [4.78, 5) is 22.7. The highest BCUT2D eigenvalue weighted by Gasteiger charge is 2.10. The van der Waals surface area contributed by atoms with Crippen LogP contribution in [0.25, 0.3) is 33.1 Å². The van der Waals surface area contributed by atoms with Gasteiger partial charge < -0.3 is 30.9 Å². The molecule has 3 heterocycles. The van der Waals surface area contributed by atoms with Gasteiger partial charge in [0.05, 0.1) is 55.4 Å². The smallest absolute Gasteiger partial charge is 0.201 e. The first kappa shape index (κ1) is 41.9. The molecule has 0 fully saturated rings. The number of aromatic amines is 3. The van der Waals surface area contributed by atoms with Crippen LogP contribution in [-0.4, -0.2) is 36.4 Å². The van der Waals surface area contributed by atoms with Gasteiger partial charge in [0.2, 0.25) is 11.9 Å². The first-order chi connectivity index (χ1) is 28.6. The van der Waals surface area contributed by atoms with Crippen molar-refractivity contribution in [2.75, 3.05) is 22.5 Å². The molecular weight excluding hydrogens is 874 g/mol. The molecule has 0 unspecified atom stereocenters. The monoisotopic (exact) mass is 905 g/mol. The number of hydrogen-bond acceptors (Lipinski definition) is 6. The average Bonchev–Trinajstić information content (AvgIpc) is 3.95. The van der Waals surface area contributed by atoms with Crippen LogP contribution >= 0.6 is 69.6 Å². The van der Waals surface area contributed by atoms with Gasteiger partial charge in [-0.05, 0) is 90.8 Å². The minimum atomic E-state index is -0.296. The highest BCUT2D eigenvalue weighted by atomic mass is 35.5. The second kappa shape index (κ2) is 19.7. The number of fused-ring (bicyclic) bond motifs is 3. The third-order valence-electron chi connectivity index (χ3n) is 8.89. The van der Waals surface area contributed by atoms with Gasteiger partial charge in [-0.2, -0.15) is 0 Å². The average molecular weight is 909 g/mol. The summed E-state index contributed by atoms with van der Waals surface area (Å²) in [5, 5.41) is 13.3. The van der Waals surface area contributed by atoms with Crippen LogP contribution in [0.3, 0.4) is 0 Å². The molecule has 9 aromatic rings. The van der Waals surface area contributed by atoms with Crippen molar-refractivity contribution in [1.29, 1.82) is 0 Å². The fourth-order valence-electron chi connectivity index (χ4n) is 5.98. The lowest BCUT2D eigenvalue weighted by Crippen LogP contribution is -2.06. The van der Waals surface area contributed by atoms with Crippen LogP contribution in [0, 0.1) is 5.82 Å². The number of nitrogens with one attached hydrogen (secondary N) is 6. The van der Waals surface area contributed by atoms with Crippen molar-refractivity contribution in [2.24, 2.45) is 0 Å². The Morgan fingerprint density at radius 2 is 0.966 bits per heavy atom. The molecule has 300 valence electrons. The van der Waals surface area contributed by atoms with Crippen LogP contribution in [0.4, 0.5) is 22.0 Å². The molecule has 0 amide bonds. The zero-order valence-corrected chi connectivity index (χ0v) is 35.4. The Labute approximate surface area is 368 Å². The molecule has 9 nitrogen and oxygen atoms in total. The summed E-state index contributed by atoms with van der Waals surface area (Å²) < 4.78 is 13.1. The number of aromatic nitrogens is 6. The maximum atomic E-state index is 13.1. The fourth-order valence-corrected chi connectivity index (χ4v) is 7.63. The Bertz CT molecular complexity index is 2710. The minimum absolute atomic E-state index is 0.296. The minimum Gasteiger partial charge on any atom is -0.375 e. The van der Waals surface area contributed by atoms with Crippen molar-refractivity contribution < 1.29 is 4.39 Å². The van der Waals surface area contributed by atoms with Crippen molar-refractivity contribution in [3.05, 3.63) is 174 Å². The molecule has 0 saturated carbocycles. The zero-order valence-electron chi connectivity index (χ0n) is 30.9. The Balaban J connectivity index is 0.000000134. The van der Waals surface area contributed by atoms with Gasteiger partial charge in [0.1, 0.15) is 11.6 Å². The molecule has 0 aliphatic heterocycles. The molecule has 9 rings (SSSR count). The summed E-state index contributed by atoms with van der Waals surface area (Å²) in [7, 11) is 0. The van der Waals surface area contributed by atoms with Crippen molar-refractivity contribution in [3.8, 4) is 0 Å². The van der Waals surface area contributed by atoms with E-state index in [0.29, 0.717) is 78.3 Å². The molecule has 16 heteroatoms. The second-order valence-corrected chi connectivity index (χ2v) is 15.4. The number of para-hydroxylation sites is 5. The predicted octanol–water partition coefficient (Wildman–Crippen LogP) is 13.6. The van der Waals surface area contributed by atoms with E-state index in [1.807, 2.05) is 84.9 Å². The van der Waals surface area contributed by atoms with Gasteiger partial charge in [0.25, 0.3) is 0 Å². The van der Waals surface area contributed by atoms with Gasteiger partial charge >= 0.3 is 0 Å². The molecule has 0 aliphatic rings. The molecule has 3 aromatic heterocycles. The Morgan fingerprint density at radius 3 is 1.54 bits per heavy atom. The zero-order chi connectivity index (χ0) is 41.3. The van der Waals surface area contributed by atoms with Crippen molar-refractivity contribution in [2.45, 2.75) is 19.5 Å². The molecule has 0 radical (unpaired) electrons. The quantitative estimate of drug-likeness (QED) is 0.0813. The molecule has 0 atom stereocenters. The number of imidazole rings is 3. The van der Waals surface area contributed by atoms with Crippen LogP contribution in [0.2, 0.25) is 30.1 Å². The maximum absolute atomic E-state index is 13.1. The van der Waals surface area contributed by atoms with E-state index in [4.69, 9.17) is 69.6 Å². The molecule has 0 spiro atoms. The molecule has 0 bridgehead atoms. The number of hydrogen-bond donors (Lipinski definition) is 6. The van der Waals surface area contributed by atoms with E-state index in [1.165, 1.54) is 12.1 Å². The van der Waals surface area contributed by atoms with E-state index in [1.54, 1.807) is 24.3 Å². The van der Waals surface area contributed by atoms with Crippen LogP contribution in [0.15, 0.2) is 121 Å². The van der Waals surface area contributed by atoms with Crippen LogP contribution in [-0.2, 0) is 19.5 Å². The van der Waals surface area contributed by atoms with Gasteiger partial charge in [0.15, 0.2) is 0 Å². The van der Waals surface area contributed by atoms with Crippen LogP contribution in [0.5, 0.6) is 0 Å². The lowest BCUT2D eigenvalue weighted by molar-refractivity contribution is 0.629. The first-order valence-electron chi connectivity index (χ1n) is 18.2. The Kier molecular flexibility index (Phi) is 14.0. The molecular formula is C43H34Cl6FN9. The third-order valence-corrected chi connectivity index (χ3v) is 10.9. The summed E-state index contributed by atoms with van der Waals surface area (Å²) in [6, 6.07) is 36.5. The first-order valence-corrected chi connectivity index (χ1v) is 20.4. The van der Waals surface area contributed by atoms with E-state index in [9.17, 15) is 4.39 Å². The van der Waals surface area contributed by atoms with E-state index < -0.39 is 0 Å². The third kappa shape index (κ3) is 10.9.